The van der Waals surface area contributed by atoms with Crippen molar-refractivity contribution < 1.29 is 19.1 Å². The molecule has 2 aromatic rings. The second-order valence-corrected chi connectivity index (χ2v) is 5.74. The molecule has 6 nitrogen and oxygen atoms in total. The lowest BCUT2D eigenvalue weighted by Gasteiger charge is -2.25. The summed E-state index contributed by atoms with van der Waals surface area (Å²) in [6.07, 6.45) is 0.132. The Kier molecular flexibility index (Phi) is 4.79. The molecular formula is C19H18N2O4. The van der Waals surface area contributed by atoms with Crippen molar-refractivity contribution in [3.05, 3.63) is 70.8 Å². The number of esters is 1. The van der Waals surface area contributed by atoms with E-state index in [1.807, 2.05) is 30.3 Å². The summed E-state index contributed by atoms with van der Waals surface area (Å²) in [5, 5.41) is 4.98. The van der Waals surface area contributed by atoms with Gasteiger partial charge in [0.05, 0.1) is 12.1 Å². The Morgan fingerprint density at radius 2 is 1.92 bits per heavy atom. The van der Waals surface area contributed by atoms with Gasteiger partial charge in [-0.3, -0.25) is 9.59 Å². The molecule has 0 spiro atoms. The second-order valence-electron chi connectivity index (χ2n) is 5.74. The molecule has 0 aromatic heterocycles. The summed E-state index contributed by atoms with van der Waals surface area (Å²) in [5.41, 5.74) is 2.55. The zero-order valence-corrected chi connectivity index (χ0v) is 13.7. The van der Waals surface area contributed by atoms with Crippen molar-refractivity contribution in [3.63, 3.8) is 0 Å². The van der Waals surface area contributed by atoms with Gasteiger partial charge in [0.15, 0.2) is 0 Å². The predicted molar refractivity (Wildman–Crippen MR) is 91.1 cm³/mol. The van der Waals surface area contributed by atoms with Crippen LogP contribution in [0.3, 0.4) is 0 Å². The molecule has 25 heavy (non-hydrogen) atoms. The molecule has 3 rings (SSSR count). The molecule has 0 aliphatic carbocycles. The number of nitrogens with one attached hydrogen (secondary N) is 2. The molecule has 1 heterocycles. The predicted octanol–water partition coefficient (Wildman–Crippen LogP) is 1.62. The van der Waals surface area contributed by atoms with Gasteiger partial charge in [-0.25, -0.2) is 4.79 Å². The van der Waals surface area contributed by atoms with Crippen LogP contribution < -0.4 is 10.6 Å². The summed E-state index contributed by atoms with van der Waals surface area (Å²) in [7, 11) is 1.50. The second kappa shape index (κ2) is 7.17. The van der Waals surface area contributed by atoms with Crippen LogP contribution in [0.2, 0.25) is 0 Å². The summed E-state index contributed by atoms with van der Waals surface area (Å²) < 4.78 is 5.50. The molecule has 128 valence electrons. The Morgan fingerprint density at radius 3 is 2.64 bits per heavy atom. The van der Waals surface area contributed by atoms with Crippen LogP contribution in [0.5, 0.6) is 0 Å². The minimum absolute atomic E-state index is 0.0961. The molecule has 1 unspecified atom stereocenters. The maximum Gasteiger partial charge on any atom is 0.339 e. The summed E-state index contributed by atoms with van der Waals surface area (Å²) in [5.74, 6) is -1.03. The molecule has 0 saturated carbocycles. The summed E-state index contributed by atoms with van der Waals surface area (Å²) >= 11 is 0. The quantitative estimate of drug-likeness (QED) is 0.830. The number of likely N-dealkylation sites (N-methyl/N-ethyl adjacent to an activating group) is 1. The number of carbonyl (C=O) groups excluding carboxylic acids is 3. The SMILES string of the molecule is CNC(=O)CNC(=O)c1ccc2c(c1)CC(c1ccccc1)OC2=O. The fourth-order valence-electron chi connectivity index (χ4n) is 2.74. The van der Waals surface area contributed by atoms with Crippen LogP contribution in [-0.2, 0) is 16.0 Å². The lowest BCUT2D eigenvalue weighted by molar-refractivity contribution is -0.119. The van der Waals surface area contributed by atoms with Crippen molar-refractivity contribution >= 4 is 17.8 Å². The molecular weight excluding hydrogens is 320 g/mol. The third-order valence-corrected chi connectivity index (χ3v) is 4.10. The van der Waals surface area contributed by atoms with Gasteiger partial charge in [-0.05, 0) is 29.3 Å². The Bertz CT molecular complexity index is 817. The lowest BCUT2D eigenvalue weighted by atomic mass is 9.93. The van der Waals surface area contributed by atoms with E-state index in [1.165, 1.54) is 7.05 Å². The summed E-state index contributed by atoms with van der Waals surface area (Å²) in [4.78, 5) is 35.6. The van der Waals surface area contributed by atoms with Crippen LogP contribution in [0.15, 0.2) is 48.5 Å². The van der Waals surface area contributed by atoms with E-state index in [4.69, 9.17) is 4.74 Å². The number of hydrogen-bond acceptors (Lipinski definition) is 4. The normalized spacial score (nSPS) is 15.7. The Morgan fingerprint density at radius 1 is 1.16 bits per heavy atom. The van der Waals surface area contributed by atoms with E-state index in [1.54, 1.807) is 18.2 Å². The molecule has 2 aromatic carbocycles. The van der Waals surface area contributed by atoms with Gasteiger partial charge in [0.2, 0.25) is 5.91 Å². The van der Waals surface area contributed by atoms with Crippen molar-refractivity contribution in [3.8, 4) is 0 Å². The van der Waals surface area contributed by atoms with Gasteiger partial charge in [0, 0.05) is 19.0 Å². The van der Waals surface area contributed by atoms with Crippen LogP contribution in [0, 0.1) is 0 Å². The highest BCUT2D eigenvalue weighted by atomic mass is 16.5. The first-order chi connectivity index (χ1) is 12.1. The number of fused-ring (bicyclic) bond motifs is 1. The molecule has 0 radical (unpaired) electrons. The Balaban J connectivity index is 1.80. The molecule has 1 aliphatic heterocycles. The average Bonchev–Trinajstić information content (AvgIpc) is 2.65. The monoisotopic (exact) mass is 338 g/mol. The van der Waals surface area contributed by atoms with Crippen molar-refractivity contribution in [1.29, 1.82) is 0 Å². The zero-order valence-electron chi connectivity index (χ0n) is 13.7. The van der Waals surface area contributed by atoms with Gasteiger partial charge < -0.3 is 15.4 Å². The number of ether oxygens (including phenoxy) is 1. The molecule has 6 heteroatoms. The first-order valence-corrected chi connectivity index (χ1v) is 7.96. The van der Waals surface area contributed by atoms with Crippen molar-refractivity contribution in [2.45, 2.75) is 12.5 Å². The van der Waals surface area contributed by atoms with E-state index in [-0.39, 0.29) is 24.5 Å². The highest BCUT2D eigenvalue weighted by molar-refractivity contribution is 5.99. The number of carbonyl (C=O) groups is 3. The Hall–Kier alpha value is -3.15. The zero-order chi connectivity index (χ0) is 17.8. The number of benzene rings is 2. The summed E-state index contributed by atoms with van der Waals surface area (Å²) in [6, 6.07) is 14.3. The van der Waals surface area contributed by atoms with Crippen molar-refractivity contribution in [2.75, 3.05) is 13.6 Å². The molecule has 1 aliphatic rings. The molecule has 1 atom stereocenters. The average molecular weight is 338 g/mol. The van der Waals surface area contributed by atoms with Gasteiger partial charge in [0.25, 0.3) is 5.91 Å². The van der Waals surface area contributed by atoms with Crippen molar-refractivity contribution in [1.82, 2.24) is 10.6 Å². The largest absolute Gasteiger partial charge is 0.454 e. The van der Waals surface area contributed by atoms with Gasteiger partial charge in [-0.15, -0.1) is 0 Å². The van der Waals surface area contributed by atoms with E-state index < -0.39 is 5.97 Å². The molecule has 0 bridgehead atoms. The third kappa shape index (κ3) is 3.68. The number of hydrogen-bond donors (Lipinski definition) is 2. The Labute approximate surface area is 145 Å². The highest BCUT2D eigenvalue weighted by Gasteiger charge is 2.28. The van der Waals surface area contributed by atoms with Crippen LogP contribution in [0.1, 0.15) is 37.9 Å². The first-order valence-electron chi connectivity index (χ1n) is 7.96. The minimum atomic E-state index is -0.396. The van der Waals surface area contributed by atoms with Gasteiger partial charge in [-0.1, -0.05) is 30.3 Å². The molecule has 0 saturated heterocycles. The molecule has 2 N–H and O–H groups in total. The third-order valence-electron chi connectivity index (χ3n) is 4.10. The van der Waals surface area contributed by atoms with E-state index in [0.717, 1.165) is 11.1 Å². The molecule has 0 fully saturated rings. The fraction of sp³-hybridized carbons (Fsp3) is 0.211. The van der Waals surface area contributed by atoms with Crippen LogP contribution in [-0.4, -0.2) is 31.4 Å². The van der Waals surface area contributed by atoms with E-state index in [2.05, 4.69) is 10.6 Å². The van der Waals surface area contributed by atoms with Gasteiger partial charge in [0.1, 0.15) is 6.10 Å². The van der Waals surface area contributed by atoms with Gasteiger partial charge in [-0.2, -0.15) is 0 Å². The first kappa shape index (κ1) is 16.7. The maximum absolute atomic E-state index is 12.2. The van der Waals surface area contributed by atoms with Crippen molar-refractivity contribution in [2.24, 2.45) is 0 Å². The molecule has 2 amide bonds. The van der Waals surface area contributed by atoms with Crippen LogP contribution in [0.25, 0.3) is 0 Å². The highest BCUT2D eigenvalue weighted by Crippen LogP contribution is 2.30. The smallest absolute Gasteiger partial charge is 0.339 e. The van der Waals surface area contributed by atoms with Gasteiger partial charge >= 0.3 is 5.97 Å². The maximum atomic E-state index is 12.2. The topological polar surface area (TPSA) is 84.5 Å². The number of rotatable bonds is 4. The number of amides is 2. The van der Waals surface area contributed by atoms with E-state index in [0.29, 0.717) is 17.5 Å². The summed E-state index contributed by atoms with van der Waals surface area (Å²) in [6.45, 7) is -0.0961. The standard InChI is InChI=1S/C19H18N2O4/c1-20-17(22)11-21-18(23)13-7-8-15-14(9-13)10-16(25-19(15)24)12-5-3-2-4-6-12/h2-9,16H,10-11H2,1H3,(H,20,22)(H,21,23). The minimum Gasteiger partial charge on any atom is -0.454 e. The van der Waals surface area contributed by atoms with Crippen LogP contribution >= 0.6 is 0 Å². The number of cyclic esters (lactones) is 1. The van der Waals surface area contributed by atoms with Crippen LogP contribution in [0.4, 0.5) is 0 Å². The lowest BCUT2D eigenvalue weighted by Crippen LogP contribution is -2.35. The van der Waals surface area contributed by atoms with E-state index >= 15 is 0 Å². The fourth-order valence-corrected chi connectivity index (χ4v) is 2.74. The van der Waals surface area contributed by atoms with E-state index in [9.17, 15) is 14.4 Å².